The van der Waals surface area contributed by atoms with E-state index in [1.807, 2.05) is 32.0 Å². The van der Waals surface area contributed by atoms with Gasteiger partial charge in [-0.1, -0.05) is 88.7 Å². The van der Waals surface area contributed by atoms with Crippen molar-refractivity contribution in [1.82, 2.24) is 0 Å². The predicted octanol–water partition coefficient (Wildman–Crippen LogP) is 6.62. The van der Waals surface area contributed by atoms with Crippen molar-refractivity contribution in [2.75, 3.05) is 0 Å². The fourth-order valence-electron chi connectivity index (χ4n) is 1.28. The van der Waals surface area contributed by atoms with E-state index >= 15 is 0 Å². The molecule has 0 saturated heterocycles. The molecule has 0 fully saturated rings. The van der Waals surface area contributed by atoms with Gasteiger partial charge in [-0.05, 0) is 36.4 Å². The molecule has 3 nitrogen and oxygen atoms in total. The van der Waals surface area contributed by atoms with Crippen LogP contribution in [0.15, 0.2) is 91.0 Å². The van der Waals surface area contributed by atoms with E-state index in [1.54, 1.807) is 72.8 Å². The number of hydrogen-bond donors (Lipinski definition) is 3. The first-order valence-corrected chi connectivity index (χ1v) is 8.82. The summed E-state index contributed by atoms with van der Waals surface area (Å²) in [5.74, 6) is 0.965. The van der Waals surface area contributed by atoms with Crippen molar-refractivity contribution in [3.05, 3.63) is 91.0 Å². The van der Waals surface area contributed by atoms with Crippen LogP contribution in [0.4, 0.5) is 0 Å². The number of rotatable bonds is 0. The molecule has 0 radical (unpaired) electrons. The number of phenolic OH excluding ortho intramolecular Hbond substituents is 3. The van der Waals surface area contributed by atoms with Crippen LogP contribution in [-0.4, -0.2) is 15.3 Å². The Morgan fingerprint density at radius 3 is 0.692 bits per heavy atom. The van der Waals surface area contributed by atoms with Gasteiger partial charge in [-0.3, -0.25) is 0 Å². The summed E-state index contributed by atoms with van der Waals surface area (Å²) in [6.45, 7) is 8.25. The lowest BCUT2D eigenvalue weighted by atomic mass is 10.3. The van der Waals surface area contributed by atoms with E-state index in [0.717, 1.165) is 0 Å². The molecule has 0 aliphatic heterocycles. The number of hydrogen-bond acceptors (Lipinski definition) is 3. The molecule has 0 aliphatic rings. The van der Waals surface area contributed by atoms with Gasteiger partial charge in [-0.15, -0.1) is 0 Å². The lowest BCUT2D eigenvalue weighted by Crippen LogP contribution is -1.56. The summed E-state index contributed by atoms with van der Waals surface area (Å²) in [6.07, 6.45) is 1.25. The molecule has 3 aromatic rings. The molecule has 0 bridgehead atoms. The monoisotopic (exact) mass is 356 g/mol. The van der Waals surface area contributed by atoms with E-state index in [1.165, 1.54) is 6.42 Å². The third-order valence-corrected chi connectivity index (χ3v) is 2.27. The molecular formula is C23H32O3. The average Bonchev–Trinajstić information content (AvgIpc) is 2.67. The summed E-state index contributed by atoms with van der Waals surface area (Å²) in [6, 6.07) is 26.1. The predicted molar refractivity (Wildman–Crippen MR) is 112 cm³/mol. The summed E-state index contributed by atoms with van der Waals surface area (Å²) >= 11 is 0. The zero-order valence-corrected chi connectivity index (χ0v) is 16.2. The Bertz CT molecular complexity index is 507. The van der Waals surface area contributed by atoms with Crippen LogP contribution >= 0.6 is 0 Å². The van der Waals surface area contributed by atoms with Gasteiger partial charge in [-0.2, -0.15) is 0 Å². The fraction of sp³-hybridized carbons (Fsp3) is 0.217. The van der Waals surface area contributed by atoms with E-state index in [2.05, 4.69) is 13.8 Å². The molecule has 3 heteroatoms. The first kappa shape index (κ1) is 25.3. The second-order valence-electron chi connectivity index (χ2n) is 4.71. The molecule has 3 aromatic carbocycles. The van der Waals surface area contributed by atoms with Gasteiger partial charge in [0.15, 0.2) is 0 Å². The Hall–Kier alpha value is -2.94. The van der Waals surface area contributed by atoms with Gasteiger partial charge in [0, 0.05) is 0 Å². The molecule has 3 N–H and O–H groups in total. The van der Waals surface area contributed by atoms with Crippen molar-refractivity contribution in [2.24, 2.45) is 0 Å². The van der Waals surface area contributed by atoms with Gasteiger partial charge in [0.1, 0.15) is 17.2 Å². The van der Waals surface area contributed by atoms with Crippen LogP contribution in [0.1, 0.15) is 34.1 Å². The lowest BCUT2D eigenvalue weighted by molar-refractivity contribution is 0.475. The van der Waals surface area contributed by atoms with Crippen LogP contribution in [0.25, 0.3) is 0 Å². The van der Waals surface area contributed by atoms with E-state index < -0.39 is 0 Å². The third-order valence-electron chi connectivity index (χ3n) is 2.27. The zero-order chi connectivity index (χ0) is 20.0. The van der Waals surface area contributed by atoms with Crippen LogP contribution in [0.5, 0.6) is 17.2 Å². The van der Waals surface area contributed by atoms with Gasteiger partial charge in [0.05, 0.1) is 0 Å². The molecule has 3 rings (SSSR count). The first-order valence-electron chi connectivity index (χ1n) is 8.82. The Morgan fingerprint density at radius 2 is 0.615 bits per heavy atom. The van der Waals surface area contributed by atoms with E-state index in [4.69, 9.17) is 15.3 Å². The fourth-order valence-corrected chi connectivity index (χ4v) is 1.28. The Kier molecular flexibility index (Phi) is 19.6. The molecule has 0 heterocycles. The average molecular weight is 357 g/mol. The highest BCUT2D eigenvalue weighted by atomic mass is 16.3. The highest BCUT2D eigenvalue weighted by Crippen LogP contribution is 2.04. The molecule has 0 aromatic heterocycles. The molecule has 0 saturated carbocycles. The zero-order valence-electron chi connectivity index (χ0n) is 16.2. The third kappa shape index (κ3) is 19.1. The maximum Gasteiger partial charge on any atom is 0.115 e. The van der Waals surface area contributed by atoms with Crippen LogP contribution in [0.3, 0.4) is 0 Å². The first-order chi connectivity index (χ1) is 12.6. The van der Waals surface area contributed by atoms with Gasteiger partial charge in [-0.25, -0.2) is 0 Å². The number of benzene rings is 3. The van der Waals surface area contributed by atoms with E-state index in [9.17, 15) is 0 Å². The normalized spacial score (nSPS) is 7.85. The van der Waals surface area contributed by atoms with Crippen LogP contribution < -0.4 is 0 Å². The minimum atomic E-state index is 0.322. The molecule has 26 heavy (non-hydrogen) atoms. The molecule has 0 atom stereocenters. The molecule has 0 unspecified atom stereocenters. The molecular weight excluding hydrogens is 324 g/mol. The Balaban J connectivity index is 0. The largest absolute Gasteiger partial charge is 0.508 e. The highest BCUT2D eigenvalue weighted by Gasteiger charge is 1.76. The van der Waals surface area contributed by atoms with Crippen molar-refractivity contribution >= 4 is 0 Å². The molecule has 0 aliphatic carbocycles. The topological polar surface area (TPSA) is 60.7 Å². The second-order valence-corrected chi connectivity index (χ2v) is 4.71. The molecule has 142 valence electrons. The standard InChI is InChI=1S/3C6H6O.C3H8.C2H6/c3*7-6-4-2-1-3-5-6;1-3-2;1-2/h3*1-5,7H;3H2,1-2H3;1-2H3. The minimum absolute atomic E-state index is 0.322. The van der Waals surface area contributed by atoms with Crippen molar-refractivity contribution in [1.29, 1.82) is 0 Å². The number of aromatic hydroxyl groups is 3. The SMILES string of the molecule is CC.CCC.Oc1ccccc1.Oc1ccccc1.Oc1ccccc1. The number of phenols is 3. The molecule has 0 amide bonds. The molecule has 0 spiro atoms. The second kappa shape index (κ2) is 20.1. The van der Waals surface area contributed by atoms with Crippen molar-refractivity contribution in [3.63, 3.8) is 0 Å². The number of para-hydroxylation sites is 3. The van der Waals surface area contributed by atoms with Crippen LogP contribution in [0, 0.1) is 0 Å². The maximum atomic E-state index is 8.63. The van der Waals surface area contributed by atoms with Gasteiger partial charge < -0.3 is 15.3 Å². The Labute approximate surface area is 158 Å². The van der Waals surface area contributed by atoms with Crippen molar-refractivity contribution < 1.29 is 15.3 Å². The van der Waals surface area contributed by atoms with Gasteiger partial charge in [0.25, 0.3) is 0 Å². The highest BCUT2D eigenvalue weighted by molar-refractivity contribution is 5.19. The minimum Gasteiger partial charge on any atom is -0.508 e. The lowest BCUT2D eigenvalue weighted by Gasteiger charge is -1.82. The Morgan fingerprint density at radius 1 is 0.462 bits per heavy atom. The van der Waals surface area contributed by atoms with Crippen molar-refractivity contribution in [3.8, 4) is 17.2 Å². The summed E-state index contributed by atoms with van der Waals surface area (Å²) in [5, 5.41) is 25.9. The quantitative estimate of drug-likeness (QED) is 0.424. The maximum absolute atomic E-state index is 8.63. The smallest absolute Gasteiger partial charge is 0.115 e. The summed E-state index contributed by atoms with van der Waals surface area (Å²) in [7, 11) is 0. The summed E-state index contributed by atoms with van der Waals surface area (Å²) in [5.41, 5.74) is 0. The van der Waals surface area contributed by atoms with Gasteiger partial charge >= 0.3 is 0 Å². The van der Waals surface area contributed by atoms with Crippen LogP contribution in [-0.2, 0) is 0 Å². The van der Waals surface area contributed by atoms with E-state index in [0.29, 0.717) is 17.2 Å². The van der Waals surface area contributed by atoms with Gasteiger partial charge in [0.2, 0.25) is 0 Å². The summed E-state index contributed by atoms with van der Waals surface area (Å²) < 4.78 is 0. The van der Waals surface area contributed by atoms with E-state index in [-0.39, 0.29) is 0 Å². The van der Waals surface area contributed by atoms with Crippen molar-refractivity contribution in [2.45, 2.75) is 34.1 Å². The van der Waals surface area contributed by atoms with Crippen LogP contribution in [0.2, 0.25) is 0 Å². The summed E-state index contributed by atoms with van der Waals surface area (Å²) in [4.78, 5) is 0.